The van der Waals surface area contributed by atoms with Crippen molar-refractivity contribution in [2.75, 3.05) is 20.3 Å². The van der Waals surface area contributed by atoms with Gasteiger partial charge in [0.25, 0.3) is 0 Å². The SMILES string of the molecule is COC(=O)C1=C(C)NC(C)=C(C(=O)OCCN2Cc3ccccc3C2)C1c1ccccc1Br. The second kappa shape index (κ2) is 9.93. The quantitative estimate of drug-likeness (QED) is 0.580. The Morgan fingerprint density at radius 3 is 2.15 bits per heavy atom. The molecule has 7 heteroatoms. The molecule has 0 aliphatic carbocycles. The first kappa shape index (κ1) is 23.3. The zero-order valence-corrected chi connectivity index (χ0v) is 20.6. The fourth-order valence-electron chi connectivity index (χ4n) is 4.57. The van der Waals surface area contributed by atoms with Crippen LogP contribution in [-0.4, -0.2) is 37.1 Å². The van der Waals surface area contributed by atoms with Crippen LogP contribution in [0.25, 0.3) is 0 Å². The van der Waals surface area contributed by atoms with Crippen molar-refractivity contribution in [2.24, 2.45) is 0 Å². The molecule has 1 N–H and O–H groups in total. The number of ether oxygens (including phenoxy) is 2. The van der Waals surface area contributed by atoms with Crippen LogP contribution in [0.4, 0.5) is 0 Å². The minimum absolute atomic E-state index is 0.266. The Kier molecular flexibility index (Phi) is 7.00. The smallest absolute Gasteiger partial charge is 0.336 e. The van der Waals surface area contributed by atoms with E-state index in [1.165, 1.54) is 18.2 Å². The van der Waals surface area contributed by atoms with Crippen molar-refractivity contribution < 1.29 is 19.1 Å². The van der Waals surface area contributed by atoms with Crippen LogP contribution in [0.1, 0.15) is 36.5 Å². The van der Waals surface area contributed by atoms with Crippen LogP contribution in [0.3, 0.4) is 0 Å². The van der Waals surface area contributed by atoms with Gasteiger partial charge in [-0.2, -0.15) is 0 Å². The van der Waals surface area contributed by atoms with Crippen molar-refractivity contribution in [1.82, 2.24) is 10.2 Å². The second-order valence-corrected chi connectivity index (χ2v) is 9.12. The fourth-order valence-corrected chi connectivity index (χ4v) is 5.09. The van der Waals surface area contributed by atoms with Gasteiger partial charge in [0.05, 0.1) is 24.2 Å². The van der Waals surface area contributed by atoms with E-state index in [0.29, 0.717) is 29.1 Å². The molecular weight excluding hydrogens is 484 g/mol. The third kappa shape index (κ3) is 4.75. The molecule has 1 unspecified atom stereocenters. The summed E-state index contributed by atoms with van der Waals surface area (Å²) in [7, 11) is 1.34. The second-order valence-electron chi connectivity index (χ2n) is 8.26. The van der Waals surface area contributed by atoms with Crippen LogP contribution < -0.4 is 5.32 Å². The first-order valence-electron chi connectivity index (χ1n) is 10.9. The molecule has 2 aliphatic heterocycles. The van der Waals surface area contributed by atoms with E-state index in [1.807, 2.05) is 50.2 Å². The number of carbonyl (C=O) groups is 2. The summed E-state index contributed by atoms with van der Waals surface area (Å²) in [6.45, 7) is 6.25. The Morgan fingerprint density at radius 2 is 1.55 bits per heavy atom. The molecule has 0 fully saturated rings. The lowest BCUT2D eigenvalue weighted by molar-refractivity contribution is -0.140. The van der Waals surface area contributed by atoms with Gasteiger partial charge >= 0.3 is 11.9 Å². The van der Waals surface area contributed by atoms with Crippen molar-refractivity contribution in [3.05, 3.63) is 92.2 Å². The number of nitrogens with one attached hydrogen (secondary N) is 1. The number of esters is 2. The first-order valence-corrected chi connectivity index (χ1v) is 11.7. The molecule has 0 bridgehead atoms. The Labute approximate surface area is 202 Å². The fraction of sp³-hybridized carbons (Fsp3) is 0.308. The van der Waals surface area contributed by atoms with Crippen LogP contribution in [0.2, 0.25) is 0 Å². The molecule has 0 radical (unpaired) electrons. The number of methoxy groups -OCH3 is 1. The van der Waals surface area contributed by atoms with E-state index < -0.39 is 17.9 Å². The number of rotatable bonds is 6. The molecule has 0 saturated carbocycles. The van der Waals surface area contributed by atoms with Gasteiger partial charge < -0.3 is 14.8 Å². The van der Waals surface area contributed by atoms with E-state index in [-0.39, 0.29) is 6.61 Å². The molecule has 2 aromatic carbocycles. The van der Waals surface area contributed by atoms with Gasteiger partial charge in [0.2, 0.25) is 0 Å². The predicted molar refractivity (Wildman–Crippen MR) is 129 cm³/mol. The predicted octanol–water partition coefficient (Wildman–Crippen LogP) is 4.42. The van der Waals surface area contributed by atoms with Gasteiger partial charge in [0.15, 0.2) is 0 Å². The highest BCUT2D eigenvalue weighted by Gasteiger charge is 2.38. The minimum atomic E-state index is -0.599. The Hall–Kier alpha value is -2.90. The molecule has 0 spiro atoms. The molecule has 33 heavy (non-hydrogen) atoms. The molecule has 4 rings (SSSR count). The number of hydrogen-bond donors (Lipinski definition) is 1. The summed E-state index contributed by atoms with van der Waals surface area (Å²) in [5.41, 5.74) is 5.58. The summed E-state index contributed by atoms with van der Waals surface area (Å²) >= 11 is 3.58. The summed E-state index contributed by atoms with van der Waals surface area (Å²) in [4.78, 5) is 28.3. The molecule has 0 amide bonds. The maximum atomic E-state index is 13.3. The molecule has 1 atom stereocenters. The van der Waals surface area contributed by atoms with Crippen LogP contribution in [0.15, 0.2) is 75.5 Å². The third-order valence-corrected chi connectivity index (χ3v) is 6.87. The van der Waals surface area contributed by atoms with E-state index in [4.69, 9.17) is 9.47 Å². The number of hydrogen-bond acceptors (Lipinski definition) is 6. The lowest BCUT2D eigenvalue weighted by Gasteiger charge is -2.31. The number of nitrogens with zero attached hydrogens (tertiary/aromatic N) is 1. The maximum absolute atomic E-state index is 13.3. The highest BCUT2D eigenvalue weighted by Crippen LogP contribution is 2.41. The zero-order valence-electron chi connectivity index (χ0n) is 19.0. The van der Waals surface area contributed by atoms with Crippen molar-refractivity contribution >= 4 is 27.9 Å². The summed E-state index contributed by atoms with van der Waals surface area (Å²) < 4.78 is 11.6. The summed E-state index contributed by atoms with van der Waals surface area (Å²) in [6.07, 6.45) is 0. The number of fused-ring (bicyclic) bond motifs is 1. The van der Waals surface area contributed by atoms with Crippen LogP contribution in [0.5, 0.6) is 0 Å². The largest absolute Gasteiger partial charge is 0.466 e. The lowest BCUT2D eigenvalue weighted by atomic mass is 9.80. The van der Waals surface area contributed by atoms with Crippen LogP contribution in [-0.2, 0) is 32.2 Å². The number of carbonyl (C=O) groups excluding carboxylic acids is 2. The van der Waals surface area contributed by atoms with E-state index in [9.17, 15) is 9.59 Å². The van der Waals surface area contributed by atoms with Gasteiger partial charge in [-0.05, 0) is 36.6 Å². The average Bonchev–Trinajstić information content (AvgIpc) is 3.21. The highest BCUT2D eigenvalue weighted by atomic mass is 79.9. The van der Waals surface area contributed by atoms with Gasteiger partial charge in [0.1, 0.15) is 6.61 Å². The Morgan fingerprint density at radius 1 is 0.970 bits per heavy atom. The van der Waals surface area contributed by atoms with Gasteiger partial charge in [-0.25, -0.2) is 9.59 Å². The first-order chi connectivity index (χ1) is 15.9. The van der Waals surface area contributed by atoms with Gasteiger partial charge in [-0.3, -0.25) is 4.90 Å². The summed E-state index contributed by atoms with van der Waals surface area (Å²) in [5, 5.41) is 3.17. The van der Waals surface area contributed by atoms with E-state index >= 15 is 0 Å². The number of dihydropyridines is 1. The third-order valence-electron chi connectivity index (χ3n) is 6.15. The average molecular weight is 511 g/mol. The number of benzene rings is 2. The van der Waals surface area contributed by atoms with E-state index in [0.717, 1.165) is 23.1 Å². The molecule has 172 valence electrons. The number of allylic oxidation sites excluding steroid dienone is 2. The van der Waals surface area contributed by atoms with Crippen molar-refractivity contribution in [2.45, 2.75) is 32.9 Å². The molecular formula is C26H27BrN2O4. The highest BCUT2D eigenvalue weighted by molar-refractivity contribution is 9.10. The maximum Gasteiger partial charge on any atom is 0.336 e. The molecule has 2 aliphatic rings. The van der Waals surface area contributed by atoms with Crippen LogP contribution >= 0.6 is 15.9 Å². The standard InChI is InChI=1S/C26H27BrN2O4/c1-16-22(25(30)32-3)24(20-10-6-7-11-21(20)27)23(17(2)28-16)26(31)33-13-12-29-14-18-8-4-5-9-19(18)15-29/h4-11,24,28H,12-15H2,1-3H3. The normalized spacial score (nSPS) is 18.1. The van der Waals surface area contributed by atoms with Crippen LogP contribution in [0, 0.1) is 0 Å². The van der Waals surface area contributed by atoms with Crippen molar-refractivity contribution in [1.29, 1.82) is 0 Å². The minimum Gasteiger partial charge on any atom is -0.466 e. The molecule has 2 heterocycles. The van der Waals surface area contributed by atoms with E-state index in [1.54, 1.807) is 0 Å². The molecule has 0 saturated heterocycles. The molecule has 0 aromatic heterocycles. The van der Waals surface area contributed by atoms with Crippen molar-refractivity contribution in [3.8, 4) is 0 Å². The van der Waals surface area contributed by atoms with Crippen molar-refractivity contribution in [3.63, 3.8) is 0 Å². The molecule has 6 nitrogen and oxygen atoms in total. The Bertz CT molecular complexity index is 1130. The Balaban J connectivity index is 1.54. The zero-order chi connectivity index (χ0) is 23.5. The summed E-state index contributed by atoms with van der Waals surface area (Å²) in [6, 6.07) is 15.9. The summed E-state index contributed by atoms with van der Waals surface area (Å²) in [5.74, 6) is -1.52. The lowest BCUT2D eigenvalue weighted by Crippen LogP contribution is -2.33. The molecule has 2 aromatic rings. The monoisotopic (exact) mass is 510 g/mol. The van der Waals surface area contributed by atoms with Gasteiger partial charge in [-0.15, -0.1) is 0 Å². The van der Waals surface area contributed by atoms with Gasteiger partial charge in [0, 0.05) is 35.5 Å². The van der Waals surface area contributed by atoms with E-state index in [2.05, 4.69) is 38.3 Å². The van der Waals surface area contributed by atoms with Gasteiger partial charge in [-0.1, -0.05) is 58.4 Å². The topological polar surface area (TPSA) is 67.9 Å². The number of halogens is 1.